The third kappa shape index (κ3) is 4.99. The highest BCUT2D eigenvalue weighted by atomic mass is 32.2. The molecule has 0 fully saturated rings. The van der Waals surface area contributed by atoms with Gasteiger partial charge in [0.2, 0.25) is 10.0 Å². The summed E-state index contributed by atoms with van der Waals surface area (Å²) in [4.78, 5) is 12.1. The summed E-state index contributed by atoms with van der Waals surface area (Å²) in [6, 6.07) is 4.26. The molecule has 22 heavy (non-hydrogen) atoms. The largest absolute Gasteiger partial charge is 0.496 e. The molecule has 7 heteroatoms. The van der Waals surface area contributed by atoms with Crippen molar-refractivity contribution in [1.82, 2.24) is 10.0 Å². The van der Waals surface area contributed by atoms with E-state index in [0.717, 1.165) is 19.3 Å². The quantitative estimate of drug-likeness (QED) is 0.678. The molecule has 1 rings (SSSR count). The van der Waals surface area contributed by atoms with Crippen LogP contribution in [0, 0.1) is 0 Å². The van der Waals surface area contributed by atoms with Crippen molar-refractivity contribution in [2.45, 2.75) is 38.0 Å². The summed E-state index contributed by atoms with van der Waals surface area (Å²) < 4.78 is 32.2. The molecule has 0 radical (unpaired) electrons. The van der Waals surface area contributed by atoms with E-state index >= 15 is 0 Å². The van der Waals surface area contributed by atoms with Gasteiger partial charge in [-0.3, -0.25) is 4.79 Å². The second-order valence-corrected chi connectivity index (χ2v) is 6.59. The molecule has 0 saturated heterocycles. The maximum absolute atomic E-state index is 12.2. The van der Waals surface area contributed by atoms with Crippen LogP contribution < -0.4 is 14.8 Å². The lowest BCUT2D eigenvalue weighted by Gasteiger charge is -2.11. The highest BCUT2D eigenvalue weighted by Crippen LogP contribution is 2.22. The first kappa shape index (κ1) is 18.4. The van der Waals surface area contributed by atoms with Gasteiger partial charge in [-0.15, -0.1) is 0 Å². The number of benzene rings is 1. The zero-order valence-electron chi connectivity index (χ0n) is 13.3. The Balaban J connectivity index is 3.00. The fraction of sp³-hybridized carbons (Fsp3) is 0.533. The van der Waals surface area contributed by atoms with Gasteiger partial charge in [-0.25, -0.2) is 13.1 Å². The molecular formula is C15H24N2O4S. The normalized spacial score (nSPS) is 11.2. The predicted molar refractivity (Wildman–Crippen MR) is 85.7 cm³/mol. The minimum absolute atomic E-state index is 0.0612. The highest BCUT2D eigenvalue weighted by molar-refractivity contribution is 7.89. The van der Waals surface area contributed by atoms with Gasteiger partial charge in [0.05, 0.1) is 17.6 Å². The molecule has 1 aromatic rings. The van der Waals surface area contributed by atoms with Crippen LogP contribution in [-0.4, -0.2) is 34.5 Å². The van der Waals surface area contributed by atoms with E-state index < -0.39 is 10.0 Å². The van der Waals surface area contributed by atoms with Crippen molar-refractivity contribution in [3.05, 3.63) is 23.8 Å². The first-order valence-corrected chi connectivity index (χ1v) is 8.90. The van der Waals surface area contributed by atoms with E-state index in [4.69, 9.17) is 4.74 Å². The van der Waals surface area contributed by atoms with E-state index in [1.165, 1.54) is 25.3 Å². The topological polar surface area (TPSA) is 84.5 Å². The lowest BCUT2D eigenvalue weighted by molar-refractivity contribution is 0.0952. The summed E-state index contributed by atoms with van der Waals surface area (Å²) in [6.07, 6.45) is 2.77. The molecule has 0 bridgehead atoms. The maximum Gasteiger partial charge on any atom is 0.255 e. The Bertz CT molecular complexity index is 600. The Morgan fingerprint density at radius 3 is 2.55 bits per heavy atom. The van der Waals surface area contributed by atoms with E-state index in [-0.39, 0.29) is 16.4 Å². The summed E-state index contributed by atoms with van der Waals surface area (Å²) in [7, 11) is -2.18. The van der Waals surface area contributed by atoms with Crippen LogP contribution in [-0.2, 0) is 10.0 Å². The SMILES string of the molecule is CCCCCNS(=O)(=O)c1ccc(OC)c(C(=O)NCC)c1. The Kier molecular flexibility index (Phi) is 7.34. The van der Waals surface area contributed by atoms with Gasteiger partial charge in [0.25, 0.3) is 5.91 Å². The number of rotatable bonds is 9. The molecular weight excluding hydrogens is 304 g/mol. The van der Waals surface area contributed by atoms with Crippen molar-refractivity contribution in [3.63, 3.8) is 0 Å². The number of sulfonamides is 1. The molecule has 2 N–H and O–H groups in total. The van der Waals surface area contributed by atoms with E-state index in [1.807, 2.05) is 0 Å². The minimum Gasteiger partial charge on any atom is -0.496 e. The zero-order valence-corrected chi connectivity index (χ0v) is 14.1. The standard InChI is InChI=1S/C15H24N2O4S/c1-4-6-7-10-17-22(19,20)12-8-9-14(21-3)13(11-12)15(18)16-5-2/h8-9,11,17H,4-7,10H2,1-3H3,(H,16,18). The van der Waals surface area contributed by atoms with Crippen LogP contribution in [0.5, 0.6) is 5.75 Å². The summed E-state index contributed by atoms with van der Waals surface area (Å²) >= 11 is 0. The van der Waals surface area contributed by atoms with E-state index in [1.54, 1.807) is 6.92 Å². The molecule has 0 atom stereocenters. The number of carbonyl (C=O) groups excluding carboxylic acids is 1. The number of methoxy groups -OCH3 is 1. The molecule has 0 aliphatic rings. The monoisotopic (exact) mass is 328 g/mol. The first-order valence-electron chi connectivity index (χ1n) is 7.42. The highest BCUT2D eigenvalue weighted by Gasteiger charge is 2.19. The predicted octanol–water partition coefficient (Wildman–Crippen LogP) is 1.91. The van der Waals surface area contributed by atoms with Gasteiger partial charge < -0.3 is 10.1 Å². The first-order chi connectivity index (χ1) is 10.5. The van der Waals surface area contributed by atoms with Crippen LogP contribution in [0.15, 0.2) is 23.1 Å². The minimum atomic E-state index is -3.62. The molecule has 0 spiro atoms. The van der Waals surface area contributed by atoms with Gasteiger partial charge in [0, 0.05) is 13.1 Å². The summed E-state index contributed by atoms with van der Waals surface area (Å²) in [5, 5.41) is 2.64. The summed E-state index contributed by atoms with van der Waals surface area (Å²) in [5.41, 5.74) is 0.209. The summed E-state index contributed by atoms with van der Waals surface area (Å²) in [5.74, 6) is -0.0155. The number of amides is 1. The number of hydrogen-bond acceptors (Lipinski definition) is 4. The summed E-state index contributed by atoms with van der Waals surface area (Å²) in [6.45, 7) is 4.68. The van der Waals surface area contributed by atoms with Gasteiger partial charge in [-0.05, 0) is 31.5 Å². The van der Waals surface area contributed by atoms with Crippen LogP contribution in [0.2, 0.25) is 0 Å². The smallest absolute Gasteiger partial charge is 0.255 e. The van der Waals surface area contributed by atoms with E-state index in [9.17, 15) is 13.2 Å². The molecule has 0 saturated carbocycles. The molecule has 0 aliphatic carbocycles. The fourth-order valence-corrected chi connectivity index (χ4v) is 3.05. The van der Waals surface area contributed by atoms with Gasteiger partial charge in [-0.2, -0.15) is 0 Å². The maximum atomic E-state index is 12.2. The number of ether oxygens (including phenoxy) is 1. The van der Waals surface area contributed by atoms with Gasteiger partial charge >= 0.3 is 0 Å². The van der Waals surface area contributed by atoms with Crippen LogP contribution in [0.3, 0.4) is 0 Å². The fourth-order valence-electron chi connectivity index (χ4n) is 1.95. The van der Waals surface area contributed by atoms with E-state index in [2.05, 4.69) is 17.0 Å². The van der Waals surface area contributed by atoms with Gasteiger partial charge in [0.15, 0.2) is 0 Å². The molecule has 0 aromatic heterocycles. The molecule has 0 unspecified atom stereocenters. The Morgan fingerprint density at radius 1 is 1.23 bits per heavy atom. The van der Waals surface area contributed by atoms with Crippen LogP contribution in [0.4, 0.5) is 0 Å². The molecule has 1 aromatic carbocycles. The van der Waals surface area contributed by atoms with Crippen molar-refractivity contribution in [2.75, 3.05) is 20.2 Å². The molecule has 6 nitrogen and oxygen atoms in total. The molecule has 0 heterocycles. The number of nitrogens with one attached hydrogen (secondary N) is 2. The molecule has 1 amide bonds. The lowest BCUT2D eigenvalue weighted by atomic mass is 10.2. The van der Waals surface area contributed by atoms with Crippen LogP contribution >= 0.6 is 0 Å². The van der Waals surface area contributed by atoms with Gasteiger partial charge in [-0.1, -0.05) is 19.8 Å². The third-order valence-corrected chi connectivity index (χ3v) is 4.59. The Hall–Kier alpha value is -1.60. The average molecular weight is 328 g/mol. The molecule has 0 aliphatic heterocycles. The molecule has 124 valence electrons. The number of hydrogen-bond donors (Lipinski definition) is 2. The van der Waals surface area contributed by atoms with Crippen LogP contribution in [0.25, 0.3) is 0 Å². The van der Waals surface area contributed by atoms with Gasteiger partial charge in [0.1, 0.15) is 5.75 Å². The van der Waals surface area contributed by atoms with Crippen molar-refractivity contribution < 1.29 is 17.9 Å². The average Bonchev–Trinajstić information content (AvgIpc) is 2.51. The number of unbranched alkanes of at least 4 members (excludes halogenated alkanes) is 2. The zero-order chi connectivity index (χ0) is 16.6. The third-order valence-electron chi connectivity index (χ3n) is 3.14. The van der Waals surface area contributed by atoms with Crippen molar-refractivity contribution in [2.24, 2.45) is 0 Å². The van der Waals surface area contributed by atoms with Crippen molar-refractivity contribution in [3.8, 4) is 5.75 Å². The Labute approximate surface area is 132 Å². The van der Waals surface area contributed by atoms with Crippen molar-refractivity contribution >= 4 is 15.9 Å². The second-order valence-electron chi connectivity index (χ2n) is 4.83. The van der Waals surface area contributed by atoms with E-state index in [0.29, 0.717) is 18.8 Å². The Morgan fingerprint density at radius 2 is 1.95 bits per heavy atom. The lowest BCUT2D eigenvalue weighted by Crippen LogP contribution is -2.26. The second kappa shape index (κ2) is 8.75. The number of carbonyl (C=O) groups is 1. The van der Waals surface area contributed by atoms with Crippen molar-refractivity contribution in [1.29, 1.82) is 0 Å². The van der Waals surface area contributed by atoms with Crippen LogP contribution in [0.1, 0.15) is 43.5 Å².